The number of aryl methyl sites for hydroxylation is 1. The van der Waals surface area contributed by atoms with Crippen LogP contribution in [0.4, 0.5) is 18.9 Å². The van der Waals surface area contributed by atoms with Crippen molar-refractivity contribution in [1.82, 2.24) is 5.32 Å². The molecule has 1 saturated heterocycles. The minimum absolute atomic E-state index is 0.0114. The molecule has 1 aliphatic heterocycles. The van der Waals surface area contributed by atoms with Gasteiger partial charge in [0.05, 0.1) is 24.5 Å². The van der Waals surface area contributed by atoms with Gasteiger partial charge in [-0.3, -0.25) is 9.10 Å². The van der Waals surface area contributed by atoms with Crippen LogP contribution in [0.1, 0.15) is 24.0 Å². The summed E-state index contributed by atoms with van der Waals surface area (Å²) in [5.74, 6) is -0.657. The summed E-state index contributed by atoms with van der Waals surface area (Å²) < 4.78 is 78.3. The van der Waals surface area contributed by atoms with Crippen molar-refractivity contribution < 1.29 is 35.9 Å². The van der Waals surface area contributed by atoms with Gasteiger partial charge < -0.3 is 14.8 Å². The molecule has 0 aromatic heterocycles. The van der Waals surface area contributed by atoms with Crippen molar-refractivity contribution in [3.8, 4) is 5.75 Å². The highest BCUT2D eigenvalue weighted by atomic mass is 32.2. The average Bonchev–Trinajstić information content (AvgIpc) is 3.29. The Hall–Kier alpha value is -2.79. The Morgan fingerprint density at radius 2 is 2.00 bits per heavy atom. The van der Waals surface area contributed by atoms with E-state index < -0.39 is 34.2 Å². The van der Waals surface area contributed by atoms with Gasteiger partial charge in [-0.15, -0.1) is 0 Å². The number of anilines is 1. The van der Waals surface area contributed by atoms with Gasteiger partial charge in [-0.25, -0.2) is 8.42 Å². The molecule has 33 heavy (non-hydrogen) atoms. The number of ether oxygens (including phenoxy) is 2. The number of alkyl halides is 3. The van der Waals surface area contributed by atoms with Crippen LogP contribution in [-0.4, -0.2) is 47.2 Å². The number of rotatable bonds is 8. The van der Waals surface area contributed by atoms with Gasteiger partial charge in [-0.2, -0.15) is 13.2 Å². The van der Waals surface area contributed by atoms with E-state index in [1.54, 1.807) is 13.0 Å². The van der Waals surface area contributed by atoms with Gasteiger partial charge in [-0.05, 0) is 55.7 Å². The molecule has 0 bridgehead atoms. The molecule has 0 radical (unpaired) electrons. The molecule has 1 atom stereocenters. The summed E-state index contributed by atoms with van der Waals surface area (Å²) >= 11 is 0. The molecule has 3 rings (SSSR count). The molecule has 2 aromatic carbocycles. The van der Waals surface area contributed by atoms with E-state index >= 15 is 0 Å². The molecule has 11 heteroatoms. The van der Waals surface area contributed by atoms with E-state index in [-0.39, 0.29) is 29.0 Å². The molecule has 1 N–H and O–H groups in total. The molecule has 180 valence electrons. The van der Waals surface area contributed by atoms with E-state index in [1.807, 2.05) is 0 Å². The van der Waals surface area contributed by atoms with Gasteiger partial charge >= 0.3 is 6.18 Å². The third kappa shape index (κ3) is 5.97. The van der Waals surface area contributed by atoms with Crippen molar-refractivity contribution in [3.05, 3.63) is 53.6 Å². The van der Waals surface area contributed by atoms with Crippen molar-refractivity contribution >= 4 is 21.6 Å². The van der Waals surface area contributed by atoms with Crippen LogP contribution in [0.25, 0.3) is 0 Å². The molecule has 1 heterocycles. The number of benzene rings is 2. The second-order valence-corrected chi connectivity index (χ2v) is 9.48. The lowest BCUT2D eigenvalue weighted by molar-refractivity contribution is -0.137. The van der Waals surface area contributed by atoms with E-state index in [1.165, 1.54) is 25.3 Å². The highest BCUT2D eigenvalue weighted by molar-refractivity contribution is 7.93. The largest absolute Gasteiger partial charge is 0.495 e. The van der Waals surface area contributed by atoms with E-state index in [2.05, 4.69) is 5.32 Å². The fourth-order valence-corrected chi connectivity index (χ4v) is 5.13. The number of hydrogen-bond acceptors (Lipinski definition) is 5. The molecule has 2 aromatic rings. The number of hydrogen-bond donors (Lipinski definition) is 1. The number of halogens is 3. The lowest BCUT2D eigenvalue weighted by atomic mass is 10.2. The number of sulfonamides is 1. The SMILES string of the molecule is COc1ccc(C)cc1S(=O)(=O)N(CC(=O)NC[C@@H]1CCCO1)c1cccc(C(F)(F)F)c1. The predicted molar refractivity (Wildman–Crippen MR) is 116 cm³/mol. The van der Waals surface area contributed by atoms with Crippen LogP contribution in [-0.2, 0) is 25.7 Å². The van der Waals surface area contributed by atoms with E-state index in [0.29, 0.717) is 22.5 Å². The maximum Gasteiger partial charge on any atom is 0.416 e. The number of carbonyl (C=O) groups is 1. The summed E-state index contributed by atoms with van der Waals surface area (Å²) in [6, 6.07) is 8.27. The molecule has 0 saturated carbocycles. The van der Waals surface area contributed by atoms with Gasteiger partial charge in [0.25, 0.3) is 10.0 Å². The fraction of sp³-hybridized carbons (Fsp3) is 0.409. The third-order valence-electron chi connectivity index (χ3n) is 5.19. The second kappa shape index (κ2) is 10.0. The first kappa shape index (κ1) is 24.8. The van der Waals surface area contributed by atoms with Gasteiger partial charge in [-0.1, -0.05) is 12.1 Å². The van der Waals surface area contributed by atoms with Gasteiger partial charge in [0.2, 0.25) is 5.91 Å². The molecule has 1 fully saturated rings. The smallest absolute Gasteiger partial charge is 0.416 e. The monoisotopic (exact) mass is 486 g/mol. The average molecular weight is 487 g/mol. The summed E-state index contributed by atoms with van der Waals surface area (Å²) in [7, 11) is -3.18. The number of carbonyl (C=O) groups excluding carboxylic acids is 1. The minimum Gasteiger partial charge on any atom is -0.495 e. The zero-order chi connectivity index (χ0) is 24.2. The predicted octanol–water partition coefficient (Wildman–Crippen LogP) is 3.51. The highest BCUT2D eigenvalue weighted by Crippen LogP contribution is 2.35. The molecule has 0 aliphatic carbocycles. The number of nitrogens with one attached hydrogen (secondary N) is 1. The van der Waals surface area contributed by atoms with Crippen LogP contribution in [0, 0.1) is 6.92 Å². The normalized spacial score (nSPS) is 16.5. The molecule has 0 spiro atoms. The molecule has 1 aliphatic rings. The van der Waals surface area contributed by atoms with Crippen LogP contribution >= 0.6 is 0 Å². The molecule has 0 unspecified atom stereocenters. The van der Waals surface area contributed by atoms with Crippen molar-refractivity contribution in [2.24, 2.45) is 0 Å². The van der Waals surface area contributed by atoms with Crippen LogP contribution in [0.5, 0.6) is 5.75 Å². The Morgan fingerprint density at radius 3 is 2.64 bits per heavy atom. The second-order valence-electron chi connectivity index (χ2n) is 7.65. The maximum absolute atomic E-state index is 13.6. The standard InChI is InChI=1S/C22H25F3N2O5S/c1-15-8-9-19(31-2)20(11-15)33(29,30)27(14-21(28)26-13-18-7-4-10-32-18)17-6-3-5-16(12-17)22(23,24)25/h3,5-6,8-9,11-12,18H,4,7,10,13-14H2,1-2H3,(H,26,28)/t18-/m0/s1. The Morgan fingerprint density at radius 1 is 1.24 bits per heavy atom. The number of nitrogens with zero attached hydrogens (tertiary/aromatic N) is 1. The zero-order valence-electron chi connectivity index (χ0n) is 18.2. The molecule has 1 amide bonds. The first-order valence-electron chi connectivity index (χ1n) is 10.3. The maximum atomic E-state index is 13.6. The van der Waals surface area contributed by atoms with E-state index in [9.17, 15) is 26.4 Å². The van der Waals surface area contributed by atoms with Crippen molar-refractivity contribution in [3.63, 3.8) is 0 Å². The number of methoxy groups -OCH3 is 1. The summed E-state index contributed by atoms with van der Waals surface area (Å²) in [4.78, 5) is 12.4. The van der Waals surface area contributed by atoms with Crippen LogP contribution < -0.4 is 14.4 Å². The fourth-order valence-electron chi connectivity index (χ4n) is 3.48. The van der Waals surface area contributed by atoms with Gasteiger partial charge in [0.15, 0.2) is 0 Å². The van der Waals surface area contributed by atoms with Crippen molar-refractivity contribution in [2.45, 2.75) is 36.9 Å². The van der Waals surface area contributed by atoms with E-state index in [4.69, 9.17) is 9.47 Å². The highest BCUT2D eigenvalue weighted by Gasteiger charge is 2.34. The lowest BCUT2D eigenvalue weighted by Gasteiger charge is -2.26. The molecule has 7 nitrogen and oxygen atoms in total. The zero-order valence-corrected chi connectivity index (χ0v) is 19.0. The summed E-state index contributed by atoms with van der Waals surface area (Å²) in [5, 5.41) is 2.61. The lowest BCUT2D eigenvalue weighted by Crippen LogP contribution is -2.43. The topological polar surface area (TPSA) is 84.9 Å². The Labute approximate surface area is 190 Å². The van der Waals surface area contributed by atoms with Gasteiger partial charge in [0, 0.05) is 13.2 Å². The van der Waals surface area contributed by atoms with Gasteiger partial charge in [0.1, 0.15) is 17.2 Å². The quantitative estimate of drug-likeness (QED) is 0.617. The Bertz CT molecular complexity index is 1100. The van der Waals surface area contributed by atoms with Crippen molar-refractivity contribution in [2.75, 3.05) is 31.1 Å². The molecular weight excluding hydrogens is 461 g/mol. The first-order chi connectivity index (χ1) is 15.5. The summed E-state index contributed by atoms with van der Waals surface area (Å²) in [5.41, 5.74) is -0.724. The Kier molecular flexibility index (Phi) is 7.53. The van der Waals surface area contributed by atoms with Crippen LogP contribution in [0.3, 0.4) is 0 Å². The summed E-state index contributed by atoms with van der Waals surface area (Å²) in [6.07, 6.45) is -3.24. The Balaban J connectivity index is 2.00. The minimum atomic E-state index is -4.69. The van der Waals surface area contributed by atoms with Crippen molar-refractivity contribution in [1.29, 1.82) is 0 Å². The molecular formula is C22H25F3N2O5S. The summed E-state index contributed by atoms with van der Waals surface area (Å²) in [6.45, 7) is 1.72. The van der Waals surface area contributed by atoms with Crippen LogP contribution in [0.15, 0.2) is 47.4 Å². The third-order valence-corrected chi connectivity index (χ3v) is 6.98. The first-order valence-corrected chi connectivity index (χ1v) is 11.7. The number of amides is 1. The van der Waals surface area contributed by atoms with E-state index in [0.717, 1.165) is 25.0 Å². The van der Waals surface area contributed by atoms with Crippen LogP contribution in [0.2, 0.25) is 0 Å².